The molecule has 1 aliphatic carbocycles. The Kier molecular flexibility index (Phi) is 4.77. The van der Waals surface area contributed by atoms with Gasteiger partial charge in [0.05, 0.1) is 5.60 Å². The van der Waals surface area contributed by atoms with Gasteiger partial charge in [0.1, 0.15) is 0 Å². The quantitative estimate of drug-likeness (QED) is 0.751. The maximum absolute atomic E-state index is 10.4. The first kappa shape index (κ1) is 13.9. The minimum atomic E-state index is -0.447. The molecule has 0 saturated heterocycles. The van der Waals surface area contributed by atoms with E-state index >= 15 is 0 Å². The van der Waals surface area contributed by atoms with Crippen molar-refractivity contribution in [3.63, 3.8) is 0 Å². The summed E-state index contributed by atoms with van der Waals surface area (Å²) in [5.74, 6) is 0. The molecule has 0 bridgehead atoms. The second kappa shape index (κ2) is 5.48. The Labute approximate surface area is 100 Å². The van der Waals surface area contributed by atoms with Crippen molar-refractivity contribution in [2.24, 2.45) is 11.1 Å². The molecule has 0 aromatic heterocycles. The Balaban J connectivity index is 2.40. The maximum atomic E-state index is 10.4. The third kappa shape index (κ3) is 4.40. The summed E-state index contributed by atoms with van der Waals surface area (Å²) in [4.78, 5) is 2.23. The van der Waals surface area contributed by atoms with Gasteiger partial charge in [0.15, 0.2) is 0 Å². The molecule has 1 fully saturated rings. The Morgan fingerprint density at radius 1 is 1.25 bits per heavy atom. The molecular formula is C13H28N2O. The van der Waals surface area contributed by atoms with Crippen LogP contribution in [0, 0.1) is 5.41 Å². The van der Waals surface area contributed by atoms with Gasteiger partial charge in [-0.2, -0.15) is 0 Å². The van der Waals surface area contributed by atoms with Crippen molar-refractivity contribution in [1.29, 1.82) is 0 Å². The number of hydrogen-bond donors (Lipinski definition) is 2. The van der Waals surface area contributed by atoms with Gasteiger partial charge in [-0.15, -0.1) is 0 Å². The number of nitrogens with zero attached hydrogens (tertiary/aromatic N) is 1. The molecule has 0 aliphatic heterocycles. The molecule has 3 nitrogen and oxygen atoms in total. The van der Waals surface area contributed by atoms with Crippen LogP contribution in [-0.2, 0) is 0 Å². The van der Waals surface area contributed by atoms with Gasteiger partial charge in [-0.3, -0.25) is 0 Å². The lowest BCUT2D eigenvalue weighted by molar-refractivity contribution is -0.0261. The van der Waals surface area contributed by atoms with Crippen LogP contribution >= 0.6 is 0 Å². The van der Waals surface area contributed by atoms with Gasteiger partial charge in [0, 0.05) is 13.1 Å². The van der Waals surface area contributed by atoms with Crippen molar-refractivity contribution < 1.29 is 5.11 Å². The second-order valence-corrected chi connectivity index (χ2v) is 6.33. The molecule has 0 aromatic carbocycles. The van der Waals surface area contributed by atoms with Crippen molar-refractivity contribution in [1.82, 2.24) is 4.90 Å². The lowest BCUT2D eigenvalue weighted by atomic mass is 9.84. The van der Waals surface area contributed by atoms with E-state index in [1.54, 1.807) is 0 Å². The molecule has 0 radical (unpaired) electrons. The van der Waals surface area contributed by atoms with E-state index in [-0.39, 0.29) is 5.41 Å². The van der Waals surface area contributed by atoms with Crippen LogP contribution in [-0.4, -0.2) is 42.3 Å². The highest BCUT2D eigenvalue weighted by atomic mass is 16.3. The van der Waals surface area contributed by atoms with Gasteiger partial charge in [-0.1, -0.05) is 33.1 Å². The first-order chi connectivity index (χ1) is 7.37. The fourth-order valence-corrected chi connectivity index (χ4v) is 2.72. The lowest BCUT2D eigenvalue weighted by Crippen LogP contribution is -2.46. The van der Waals surface area contributed by atoms with Crippen LogP contribution < -0.4 is 5.73 Å². The number of hydrogen-bond acceptors (Lipinski definition) is 3. The standard InChI is InChI=1S/C13H28N2O/c1-12(2,9-14)10-15(3)11-13(16)7-5-4-6-8-13/h16H,4-11,14H2,1-3H3. The van der Waals surface area contributed by atoms with Crippen molar-refractivity contribution in [3.05, 3.63) is 0 Å². The largest absolute Gasteiger partial charge is 0.389 e. The molecule has 3 heteroatoms. The molecule has 0 amide bonds. The molecule has 1 aliphatic rings. The monoisotopic (exact) mass is 228 g/mol. The highest BCUT2D eigenvalue weighted by molar-refractivity contribution is 4.86. The van der Waals surface area contributed by atoms with E-state index in [1.807, 2.05) is 0 Å². The summed E-state index contributed by atoms with van der Waals surface area (Å²) in [5, 5.41) is 10.4. The maximum Gasteiger partial charge on any atom is 0.0774 e. The number of rotatable bonds is 5. The van der Waals surface area contributed by atoms with Gasteiger partial charge >= 0.3 is 0 Å². The summed E-state index contributed by atoms with van der Waals surface area (Å²) >= 11 is 0. The predicted molar refractivity (Wildman–Crippen MR) is 68.4 cm³/mol. The summed E-state index contributed by atoms with van der Waals surface area (Å²) in [6.45, 7) is 6.78. The van der Waals surface area contributed by atoms with Gasteiger partial charge in [-0.25, -0.2) is 0 Å². The Hall–Kier alpha value is -0.120. The molecule has 1 saturated carbocycles. The molecule has 0 atom stereocenters. The van der Waals surface area contributed by atoms with E-state index in [9.17, 15) is 5.11 Å². The summed E-state index contributed by atoms with van der Waals surface area (Å²) in [5.41, 5.74) is 5.42. The van der Waals surface area contributed by atoms with Gasteiger partial charge in [0.25, 0.3) is 0 Å². The van der Waals surface area contributed by atoms with Gasteiger partial charge in [0.2, 0.25) is 0 Å². The molecule has 3 N–H and O–H groups in total. The lowest BCUT2D eigenvalue weighted by Gasteiger charge is -2.38. The van der Waals surface area contributed by atoms with E-state index in [0.29, 0.717) is 6.54 Å². The first-order valence-corrected chi connectivity index (χ1v) is 6.48. The highest BCUT2D eigenvalue weighted by Crippen LogP contribution is 2.29. The van der Waals surface area contributed by atoms with E-state index < -0.39 is 5.60 Å². The average molecular weight is 228 g/mol. The van der Waals surface area contributed by atoms with Crippen LogP contribution in [0.25, 0.3) is 0 Å². The SMILES string of the molecule is CN(CC(C)(C)CN)CC1(O)CCCCC1. The molecule has 16 heavy (non-hydrogen) atoms. The highest BCUT2D eigenvalue weighted by Gasteiger charge is 2.31. The van der Waals surface area contributed by atoms with Crippen LogP contribution in [0.4, 0.5) is 0 Å². The molecule has 0 spiro atoms. The summed E-state index contributed by atoms with van der Waals surface area (Å²) in [6, 6.07) is 0. The van der Waals surface area contributed by atoms with Crippen LogP contribution in [0.2, 0.25) is 0 Å². The molecule has 0 heterocycles. The predicted octanol–water partition coefficient (Wildman–Crippen LogP) is 1.60. The average Bonchev–Trinajstić information content (AvgIpc) is 2.17. The fourth-order valence-electron chi connectivity index (χ4n) is 2.72. The van der Waals surface area contributed by atoms with Gasteiger partial charge < -0.3 is 15.7 Å². The second-order valence-electron chi connectivity index (χ2n) is 6.33. The Morgan fingerprint density at radius 2 is 1.81 bits per heavy atom. The zero-order valence-electron chi connectivity index (χ0n) is 11.1. The summed E-state index contributed by atoms with van der Waals surface area (Å²) in [7, 11) is 2.09. The van der Waals surface area contributed by atoms with Crippen LogP contribution in [0.3, 0.4) is 0 Å². The van der Waals surface area contributed by atoms with Crippen molar-refractivity contribution in [2.75, 3.05) is 26.7 Å². The normalized spacial score (nSPS) is 21.4. The third-order valence-electron chi connectivity index (χ3n) is 3.60. The zero-order valence-corrected chi connectivity index (χ0v) is 11.1. The smallest absolute Gasteiger partial charge is 0.0774 e. The van der Waals surface area contributed by atoms with Crippen LogP contribution in [0.1, 0.15) is 46.0 Å². The van der Waals surface area contributed by atoms with Crippen molar-refractivity contribution in [3.8, 4) is 0 Å². The molecule has 0 unspecified atom stereocenters. The first-order valence-electron chi connectivity index (χ1n) is 6.48. The minimum Gasteiger partial charge on any atom is -0.389 e. The number of nitrogens with two attached hydrogens (primary N) is 1. The topological polar surface area (TPSA) is 49.5 Å². The van der Waals surface area contributed by atoms with E-state index in [4.69, 9.17) is 5.73 Å². The molecule has 1 rings (SSSR count). The molecule has 0 aromatic rings. The van der Waals surface area contributed by atoms with Crippen LogP contribution in [0.15, 0.2) is 0 Å². The minimum absolute atomic E-state index is 0.139. The van der Waals surface area contributed by atoms with Crippen molar-refractivity contribution >= 4 is 0 Å². The summed E-state index contributed by atoms with van der Waals surface area (Å²) < 4.78 is 0. The number of aliphatic hydroxyl groups is 1. The van der Waals surface area contributed by atoms with E-state index in [1.165, 1.54) is 19.3 Å². The third-order valence-corrected chi connectivity index (χ3v) is 3.60. The molecule has 96 valence electrons. The number of likely N-dealkylation sites (N-methyl/N-ethyl adjacent to an activating group) is 1. The van der Waals surface area contributed by atoms with E-state index in [0.717, 1.165) is 25.9 Å². The Morgan fingerprint density at radius 3 is 2.31 bits per heavy atom. The van der Waals surface area contributed by atoms with Crippen molar-refractivity contribution in [2.45, 2.75) is 51.6 Å². The van der Waals surface area contributed by atoms with Gasteiger partial charge in [-0.05, 0) is 31.8 Å². The Bertz CT molecular complexity index is 210. The fraction of sp³-hybridized carbons (Fsp3) is 1.00. The van der Waals surface area contributed by atoms with E-state index in [2.05, 4.69) is 25.8 Å². The zero-order chi connectivity index (χ0) is 12.2. The molecular weight excluding hydrogens is 200 g/mol. The van der Waals surface area contributed by atoms with Crippen LogP contribution in [0.5, 0.6) is 0 Å². The summed E-state index contributed by atoms with van der Waals surface area (Å²) in [6.07, 6.45) is 5.54.